The van der Waals surface area contributed by atoms with Crippen LogP contribution in [0.15, 0.2) is 54.6 Å². The number of nitrogens with zero attached hydrogens (tertiary/aromatic N) is 2. The van der Waals surface area contributed by atoms with Crippen molar-refractivity contribution in [3.63, 3.8) is 0 Å². The zero-order chi connectivity index (χ0) is 20.9. The van der Waals surface area contributed by atoms with E-state index in [0.29, 0.717) is 17.3 Å². The number of amides is 1. The van der Waals surface area contributed by atoms with E-state index in [-0.39, 0.29) is 24.4 Å². The molecule has 1 amide bonds. The van der Waals surface area contributed by atoms with Crippen molar-refractivity contribution >= 4 is 23.3 Å². The molecule has 2 aromatic carbocycles. The standard InChI is InChI=1S/C22H22ClFN4O2/c23-16-5-9-19(10-6-16)30-14-22(29)25-18-2-1-11-28(13-18)21-12-20(26-27-21)15-3-7-17(24)8-4-15/h3-10,12,18H,1-2,11,13-14H2,(H,25,29)(H,26,27)/t18-/m1/s1. The average molecular weight is 429 g/mol. The molecule has 2 N–H and O–H groups in total. The summed E-state index contributed by atoms with van der Waals surface area (Å²) < 4.78 is 18.6. The zero-order valence-corrected chi connectivity index (χ0v) is 17.0. The molecular weight excluding hydrogens is 407 g/mol. The monoisotopic (exact) mass is 428 g/mol. The maximum Gasteiger partial charge on any atom is 0.258 e. The van der Waals surface area contributed by atoms with Crippen LogP contribution in [0.2, 0.25) is 5.02 Å². The smallest absolute Gasteiger partial charge is 0.258 e. The van der Waals surface area contributed by atoms with Crippen molar-refractivity contribution in [1.82, 2.24) is 15.5 Å². The number of ether oxygens (including phenoxy) is 1. The Hall–Kier alpha value is -3.06. The van der Waals surface area contributed by atoms with Gasteiger partial charge in [0.15, 0.2) is 12.4 Å². The van der Waals surface area contributed by atoms with Gasteiger partial charge in [-0.15, -0.1) is 0 Å². The fourth-order valence-corrected chi connectivity index (χ4v) is 3.63. The average Bonchev–Trinajstić information content (AvgIpc) is 3.24. The number of halogens is 2. The molecule has 0 unspecified atom stereocenters. The van der Waals surface area contributed by atoms with E-state index >= 15 is 0 Å². The molecule has 1 saturated heterocycles. The molecule has 1 atom stereocenters. The first-order valence-electron chi connectivity index (χ1n) is 9.81. The van der Waals surface area contributed by atoms with Crippen LogP contribution >= 0.6 is 11.6 Å². The Morgan fingerprint density at radius 1 is 1.23 bits per heavy atom. The number of carbonyl (C=O) groups excluding carboxylic acids is 1. The Labute approximate surface area is 179 Å². The molecule has 0 aliphatic carbocycles. The van der Waals surface area contributed by atoms with Gasteiger partial charge in [-0.1, -0.05) is 11.6 Å². The molecule has 0 radical (unpaired) electrons. The summed E-state index contributed by atoms with van der Waals surface area (Å²) in [6.07, 6.45) is 1.85. The molecule has 4 rings (SSSR count). The first-order valence-corrected chi connectivity index (χ1v) is 10.2. The third-order valence-electron chi connectivity index (χ3n) is 5.01. The number of hydrogen-bond donors (Lipinski definition) is 2. The van der Waals surface area contributed by atoms with Crippen LogP contribution < -0.4 is 15.0 Å². The van der Waals surface area contributed by atoms with Gasteiger partial charge in [0, 0.05) is 30.2 Å². The van der Waals surface area contributed by atoms with E-state index in [1.165, 1.54) is 12.1 Å². The van der Waals surface area contributed by atoms with Crippen LogP contribution in [0.1, 0.15) is 12.8 Å². The maximum absolute atomic E-state index is 13.1. The molecule has 6 nitrogen and oxygen atoms in total. The lowest BCUT2D eigenvalue weighted by Crippen LogP contribution is -2.49. The van der Waals surface area contributed by atoms with Crippen LogP contribution in [0, 0.1) is 5.82 Å². The molecule has 1 fully saturated rings. The molecule has 1 aliphatic heterocycles. The Bertz CT molecular complexity index is 991. The molecule has 3 aromatic rings. The number of aromatic nitrogens is 2. The lowest BCUT2D eigenvalue weighted by atomic mass is 10.1. The Balaban J connectivity index is 1.31. The highest BCUT2D eigenvalue weighted by molar-refractivity contribution is 6.30. The predicted octanol–water partition coefficient (Wildman–Crippen LogP) is 4.03. The normalized spacial score (nSPS) is 16.3. The molecule has 0 spiro atoms. The van der Waals surface area contributed by atoms with Gasteiger partial charge < -0.3 is 15.0 Å². The van der Waals surface area contributed by atoms with Gasteiger partial charge in [-0.05, 0) is 66.9 Å². The summed E-state index contributed by atoms with van der Waals surface area (Å²) in [5, 5.41) is 11.1. The van der Waals surface area contributed by atoms with Crippen molar-refractivity contribution in [2.75, 3.05) is 24.6 Å². The van der Waals surface area contributed by atoms with E-state index in [4.69, 9.17) is 16.3 Å². The molecule has 1 aromatic heterocycles. The second-order valence-electron chi connectivity index (χ2n) is 7.24. The second kappa shape index (κ2) is 9.17. The highest BCUT2D eigenvalue weighted by Crippen LogP contribution is 2.24. The van der Waals surface area contributed by atoms with Crippen LogP contribution in [0.4, 0.5) is 10.2 Å². The van der Waals surface area contributed by atoms with Crippen molar-refractivity contribution in [3.05, 3.63) is 65.4 Å². The number of anilines is 1. The van der Waals surface area contributed by atoms with Crippen LogP contribution in [-0.2, 0) is 4.79 Å². The van der Waals surface area contributed by atoms with Gasteiger partial charge >= 0.3 is 0 Å². The van der Waals surface area contributed by atoms with Crippen molar-refractivity contribution in [1.29, 1.82) is 0 Å². The number of hydrogen-bond acceptors (Lipinski definition) is 4. The lowest BCUT2D eigenvalue weighted by Gasteiger charge is -2.33. The SMILES string of the molecule is O=C(COc1ccc(Cl)cc1)N[C@@H]1CCCN(c2cc(-c3ccc(F)cc3)[nH]n2)C1. The second-order valence-corrected chi connectivity index (χ2v) is 7.68. The van der Waals surface area contributed by atoms with Crippen molar-refractivity contribution in [2.24, 2.45) is 0 Å². The van der Waals surface area contributed by atoms with Gasteiger partial charge in [0.1, 0.15) is 11.6 Å². The van der Waals surface area contributed by atoms with E-state index in [1.54, 1.807) is 36.4 Å². The molecule has 8 heteroatoms. The number of carbonyl (C=O) groups is 1. The fourth-order valence-electron chi connectivity index (χ4n) is 3.50. The summed E-state index contributed by atoms with van der Waals surface area (Å²) in [4.78, 5) is 14.4. The maximum atomic E-state index is 13.1. The zero-order valence-electron chi connectivity index (χ0n) is 16.3. The summed E-state index contributed by atoms with van der Waals surface area (Å²) in [5.41, 5.74) is 1.70. The predicted molar refractivity (Wildman–Crippen MR) is 114 cm³/mol. The van der Waals surface area contributed by atoms with Crippen LogP contribution in [0.5, 0.6) is 5.75 Å². The van der Waals surface area contributed by atoms with E-state index in [2.05, 4.69) is 20.4 Å². The third kappa shape index (κ3) is 5.10. The summed E-state index contributed by atoms with van der Waals surface area (Å²) in [6.45, 7) is 1.48. The van der Waals surface area contributed by atoms with Crippen LogP contribution in [0.25, 0.3) is 11.3 Å². The van der Waals surface area contributed by atoms with Gasteiger partial charge in [0.05, 0.1) is 5.69 Å². The number of benzene rings is 2. The third-order valence-corrected chi connectivity index (χ3v) is 5.27. The van der Waals surface area contributed by atoms with Gasteiger partial charge in [-0.3, -0.25) is 9.89 Å². The number of nitrogens with one attached hydrogen (secondary N) is 2. The Morgan fingerprint density at radius 2 is 2.00 bits per heavy atom. The van der Waals surface area contributed by atoms with Crippen molar-refractivity contribution in [3.8, 4) is 17.0 Å². The number of H-pyrrole nitrogens is 1. The minimum atomic E-state index is -0.270. The van der Waals surface area contributed by atoms with Crippen molar-refractivity contribution in [2.45, 2.75) is 18.9 Å². The van der Waals surface area contributed by atoms with Crippen LogP contribution in [-0.4, -0.2) is 41.8 Å². The number of piperidine rings is 1. The molecule has 2 heterocycles. The quantitative estimate of drug-likeness (QED) is 0.621. The molecule has 156 valence electrons. The van der Waals surface area contributed by atoms with Crippen LogP contribution in [0.3, 0.4) is 0 Å². The van der Waals surface area contributed by atoms with E-state index in [0.717, 1.165) is 36.5 Å². The summed E-state index contributed by atoms with van der Waals surface area (Å²) >= 11 is 5.85. The lowest BCUT2D eigenvalue weighted by molar-refractivity contribution is -0.123. The highest BCUT2D eigenvalue weighted by Gasteiger charge is 2.23. The molecule has 30 heavy (non-hydrogen) atoms. The van der Waals surface area contributed by atoms with Gasteiger partial charge in [-0.2, -0.15) is 5.10 Å². The highest BCUT2D eigenvalue weighted by atomic mass is 35.5. The summed E-state index contributed by atoms with van der Waals surface area (Å²) in [5.74, 6) is 0.981. The van der Waals surface area contributed by atoms with E-state index < -0.39 is 0 Å². The minimum absolute atomic E-state index is 0.0195. The first-order chi connectivity index (χ1) is 14.6. The number of aromatic amines is 1. The first kappa shape index (κ1) is 20.2. The van der Waals surface area contributed by atoms with E-state index in [1.807, 2.05) is 6.07 Å². The topological polar surface area (TPSA) is 70.2 Å². The van der Waals surface area contributed by atoms with E-state index in [9.17, 15) is 9.18 Å². The Morgan fingerprint density at radius 3 is 2.77 bits per heavy atom. The largest absolute Gasteiger partial charge is 0.484 e. The molecule has 0 saturated carbocycles. The molecular formula is C22H22ClFN4O2. The van der Waals surface area contributed by atoms with Gasteiger partial charge in [0.2, 0.25) is 0 Å². The Kier molecular flexibility index (Phi) is 6.18. The fraction of sp³-hybridized carbons (Fsp3) is 0.273. The van der Waals surface area contributed by atoms with Crippen molar-refractivity contribution < 1.29 is 13.9 Å². The number of rotatable bonds is 6. The molecule has 1 aliphatic rings. The van der Waals surface area contributed by atoms with Gasteiger partial charge in [0.25, 0.3) is 5.91 Å². The molecule has 0 bridgehead atoms. The summed E-state index contributed by atoms with van der Waals surface area (Å²) in [6, 6.07) is 15.1. The summed E-state index contributed by atoms with van der Waals surface area (Å²) in [7, 11) is 0. The minimum Gasteiger partial charge on any atom is -0.484 e. The van der Waals surface area contributed by atoms with Gasteiger partial charge in [-0.25, -0.2) is 4.39 Å².